The summed E-state index contributed by atoms with van der Waals surface area (Å²) < 4.78 is 44.4. The zero-order valence-electron chi connectivity index (χ0n) is 11.4. The summed E-state index contributed by atoms with van der Waals surface area (Å²) in [5.41, 5.74) is 0.927. The van der Waals surface area contributed by atoms with E-state index in [2.05, 4.69) is 10.1 Å². The van der Waals surface area contributed by atoms with Gasteiger partial charge in [0.15, 0.2) is 17.4 Å². The first-order valence-electron chi connectivity index (χ1n) is 6.89. The molecule has 1 fully saturated rings. The van der Waals surface area contributed by atoms with Crippen LogP contribution < -0.4 is 0 Å². The van der Waals surface area contributed by atoms with E-state index in [1.165, 1.54) is 6.07 Å². The summed E-state index contributed by atoms with van der Waals surface area (Å²) in [4.78, 5) is 2.09. The number of aromatic nitrogens is 1. The molecule has 112 valence electrons. The standard InChI is InChI=1S/C15H15F3N2O/c16-11-3-5-20(6-4-11)9-12-8-15(19-21-12)10-1-2-13(17)14(18)7-10/h1-2,7-8,11H,3-6,9H2. The molecule has 1 aliphatic heterocycles. The molecule has 2 aromatic rings. The minimum Gasteiger partial charge on any atom is -0.359 e. The Hall–Kier alpha value is -1.82. The van der Waals surface area contributed by atoms with Crippen molar-refractivity contribution in [3.8, 4) is 11.3 Å². The van der Waals surface area contributed by atoms with Crippen LogP contribution in [0.5, 0.6) is 0 Å². The predicted molar refractivity (Wildman–Crippen MR) is 71.3 cm³/mol. The first-order valence-corrected chi connectivity index (χ1v) is 6.89. The van der Waals surface area contributed by atoms with E-state index in [0.29, 0.717) is 49.5 Å². The highest BCUT2D eigenvalue weighted by Gasteiger charge is 2.20. The second kappa shape index (κ2) is 5.89. The van der Waals surface area contributed by atoms with Crippen LogP contribution in [0.1, 0.15) is 18.6 Å². The molecule has 0 saturated carbocycles. The Morgan fingerprint density at radius 1 is 1.14 bits per heavy atom. The lowest BCUT2D eigenvalue weighted by atomic mass is 10.1. The van der Waals surface area contributed by atoms with Crippen molar-refractivity contribution >= 4 is 0 Å². The van der Waals surface area contributed by atoms with Crippen LogP contribution in [-0.4, -0.2) is 29.3 Å². The molecule has 3 rings (SSSR count). The van der Waals surface area contributed by atoms with Crippen molar-refractivity contribution in [3.63, 3.8) is 0 Å². The van der Waals surface area contributed by atoms with Gasteiger partial charge in [-0.3, -0.25) is 4.90 Å². The molecule has 1 aromatic heterocycles. The van der Waals surface area contributed by atoms with E-state index >= 15 is 0 Å². The van der Waals surface area contributed by atoms with E-state index in [1.54, 1.807) is 6.07 Å². The van der Waals surface area contributed by atoms with Gasteiger partial charge in [0.25, 0.3) is 0 Å². The van der Waals surface area contributed by atoms with Gasteiger partial charge in [-0.05, 0) is 31.0 Å². The second-order valence-corrected chi connectivity index (χ2v) is 5.26. The number of rotatable bonds is 3. The smallest absolute Gasteiger partial charge is 0.159 e. The van der Waals surface area contributed by atoms with Crippen molar-refractivity contribution in [1.82, 2.24) is 10.1 Å². The molecule has 1 aromatic carbocycles. The Labute approximate surface area is 120 Å². The Kier molecular flexibility index (Phi) is 3.96. The van der Waals surface area contributed by atoms with Gasteiger partial charge in [0, 0.05) is 24.7 Å². The molecule has 1 aliphatic rings. The van der Waals surface area contributed by atoms with Gasteiger partial charge in [-0.1, -0.05) is 5.16 Å². The van der Waals surface area contributed by atoms with Gasteiger partial charge in [0.05, 0.1) is 6.54 Å². The molecule has 2 heterocycles. The maximum absolute atomic E-state index is 13.2. The van der Waals surface area contributed by atoms with Crippen LogP contribution in [-0.2, 0) is 6.54 Å². The highest BCUT2D eigenvalue weighted by atomic mass is 19.2. The summed E-state index contributed by atoms with van der Waals surface area (Å²) in [6.07, 6.45) is 0.350. The predicted octanol–water partition coefficient (Wildman–Crippen LogP) is 3.55. The Morgan fingerprint density at radius 3 is 2.62 bits per heavy atom. The summed E-state index contributed by atoms with van der Waals surface area (Å²) in [5.74, 6) is -1.18. The lowest BCUT2D eigenvalue weighted by molar-refractivity contribution is 0.135. The number of hydrogen-bond acceptors (Lipinski definition) is 3. The zero-order chi connectivity index (χ0) is 14.8. The Morgan fingerprint density at radius 2 is 1.90 bits per heavy atom. The molecular formula is C15H15F3N2O. The van der Waals surface area contributed by atoms with E-state index in [9.17, 15) is 13.2 Å². The first-order chi connectivity index (χ1) is 10.1. The third-order valence-electron chi connectivity index (χ3n) is 3.67. The zero-order valence-corrected chi connectivity index (χ0v) is 11.4. The molecule has 0 radical (unpaired) electrons. The Balaban J connectivity index is 1.69. The number of halogens is 3. The molecule has 0 atom stereocenters. The fourth-order valence-corrected chi connectivity index (χ4v) is 2.46. The van der Waals surface area contributed by atoms with Gasteiger partial charge in [-0.15, -0.1) is 0 Å². The molecular weight excluding hydrogens is 281 g/mol. The fourth-order valence-electron chi connectivity index (χ4n) is 2.46. The molecule has 0 aliphatic carbocycles. The molecule has 0 N–H and O–H groups in total. The molecule has 0 amide bonds. The van der Waals surface area contributed by atoms with E-state index < -0.39 is 17.8 Å². The van der Waals surface area contributed by atoms with Gasteiger partial charge in [0.1, 0.15) is 11.9 Å². The van der Waals surface area contributed by atoms with Crippen molar-refractivity contribution in [2.45, 2.75) is 25.6 Å². The van der Waals surface area contributed by atoms with E-state index in [-0.39, 0.29) is 0 Å². The number of piperidine rings is 1. The number of hydrogen-bond donors (Lipinski definition) is 0. The van der Waals surface area contributed by atoms with Crippen LogP contribution in [0.4, 0.5) is 13.2 Å². The number of nitrogens with zero attached hydrogens (tertiary/aromatic N) is 2. The van der Waals surface area contributed by atoms with E-state index in [4.69, 9.17) is 4.52 Å². The number of benzene rings is 1. The molecule has 3 nitrogen and oxygen atoms in total. The van der Waals surface area contributed by atoms with Crippen molar-refractivity contribution in [1.29, 1.82) is 0 Å². The van der Waals surface area contributed by atoms with Gasteiger partial charge >= 0.3 is 0 Å². The third-order valence-corrected chi connectivity index (χ3v) is 3.67. The molecule has 21 heavy (non-hydrogen) atoms. The monoisotopic (exact) mass is 296 g/mol. The quantitative estimate of drug-likeness (QED) is 0.867. The third kappa shape index (κ3) is 3.26. The SMILES string of the molecule is Fc1ccc(-c2cc(CN3CCC(F)CC3)on2)cc1F. The molecule has 0 bridgehead atoms. The summed E-state index contributed by atoms with van der Waals surface area (Å²) in [6.45, 7) is 1.91. The topological polar surface area (TPSA) is 29.3 Å². The maximum atomic E-state index is 13.2. The number of alkyl halides is 1. The fraction of sp³-hybridized carbons (Fsp3) is 0.400. The van der Waals surface area contributed by atoms with Crippen LogP contribution in [0.15, 0.2) is 28.8 Å². The van der Waals surface area contributed by atoms with E-state index in [1.807, 2.05) is 0 Å². The largest absolute Gasteiger partial charge is 0.359 e. The highest BCUT2D eigenvalue weighted by Crippen LogP contribution is 2.23. The van der Waals surface area contributed by atoms with Crippen LogP contribution in [0.3, 0.4) is 0 Å². The normalized spacial score (nSPS) is 17.3. The van der Waals surface area contributed by atoms with Crippen molar-refractivity contribution in [2.24, 2.45) is 0 Å². The molecule has 0 unspecified atom stereocenters. The summed E-state index contributed by atoms with van der Waals surface area (Å²) >= 11 is 0. The summed E-state index contributed by atoms with van der Waals surface area (Å²) in [5, 5.41) is 3.87. The van der Waals surface area contributed by atoms with Crippen LogP contribution >= 0.6 is 0 Å². The lowest BCUT2D eigenvalue weighted by Gasteiger charge is -2.27. The summed E-state index contributed by atoms with van der Waals surface area (Å²) in [6, 6.07) is 5.31. The number of likely N-dealkylation sites (tertiary alicyclic amines) is 1. The first kappa shape index (κ1) is 14.1. The van der Waals surface area contributed by atoms with Crippen LogP contribution in [0.25, 0.3) is 11.3 Å². The van der Waals surface area contributed by atoms with Crippen molar-refractivity contribution in [3.05, 3.63) is 41.7 Å². The van der Waals surface area contributed by atoms with Gasteiger partial charge in [0.2, 0.25) is 0 Å². The van der Waals surface area contributed by atoms with Gasteiger partial charge < -0.3 is 4.52 Å². The van der Waals surface area contributed by atoms with Gasteiger partial charge in [-0.2, -0.15) is 0 Å². The lowest BCUT2D eigenvalue weighted by Crippen LogP contribution is -2.33. The van der Waals surface area contributed by atoms with Crippen LogP contribution in [0.2, 0.25) is 0 Å². The summed E-state index contributed by atoms with van der Waals surface area (Å²) in [7, 11) is 0. The molecule has 1 saturated heterocycles. The van der Waals surface area contributed by atoms with Crippen molar-refractivity contribution < 1.29 is 17.7 Å². The van der Waals surface area contributed by atoms with Crippen LogP contribution in [0, 0.1) is 11.6 Å². The highest BCUT2D eigenvalue weighted by molar-refractivity contribution is 5.58. The molecule has 0 spiro atoms. The maximum Gasteiger partial charge on any atom is 0.159 e. The second-order valence-electron chi connectivity index (χ2n) is 5.26. The van der Waals surface area contributed by atoms with E-state index in [0.717, 1.165) is 12.1 Å². The average Bonchev–Trinajstić information content (AvgIpc) is 2.93. The van der Waals surface area contributed by atoms with Gasteiger partial charge in [-0.25, -0.2) is 13.2 Å². The average molecular weight is 296 g/mol. The minimum absolute atomic E-state index is 0.462. The molecule has 6 heteroatoms. The minimum atomic E-state index is -0.915. The van der Waals surface area contributed by atoms with Crippen molar-refractivity contribution in [2.75, 3.05) is 13.1 Å². The Bertz CT molecular complexity index is 621.